The zero-order valence-corrected chi connectivity index (χ0v) is 10.7. The number of methoxy groups -OCH3 is 1. The lowest BCUT2D eigenvalue weighted by molar-refractivity contribution is -0.131. The molecule has 5 heteroatoms. The molecule has 0 saturated carbocycles. The van der Waals surface area contributed by atoms with Gasteiger partial charge < -0.3 is 10.5 Å². The summed E-state index contributed by atoms with van der Waals surface area (Å²) in [6.07, 6.45) is 0. The largest absolute Gasteiger partial charge is 0.496 e. The Kier molecular flexibility index (Phi) is 4.09. The van der Waals surface area contributed by atoms with Gasteiger partial charge >= 0.3 is 0 Å². The Morgan fingerprint density at radius 3 is 2.41 bits per heavy atom. The van der Waals surface area contributed by atoms with Gasteiger partial charge in [0.15, 0.2) is 0 Å². The SMILES string of the molecule is COc1ccc(C(N)C(=O)N(C)N)c(C)c1C. The number of likely N-dealkylation sites (N-methyl/N-ethyl adjacent to an activating group) is 1. The van der Waals surface area contributed by atoms with Crippen LogP contribution in [-0.2, 0) is 4.79 Å². The second-order valence-electron chi connectivity index (χ2n) is 4.03. The first-order chi connectivity index (χ1) is 7.90. The number of hydrazine groups is 1. The molecule has 5 nitrogen and oxygen atoms in total. The number of carbonyl (C=O) groups is 1. The van der Waals surface area contributed by atoms with E-state index in [9.17, 15) is 4.79 Å². The van der Waals surface area contributed by atoms with Crippen LogP contribution in [0.25, 0.3) is 0 Å². The predicted molar refractivity (Wildman–Crippen MR) is 66.4 cm³/mol. The van der Waals surface area contributed by atoms with Gasteiger partial charge in [0.05, 0.1) is 7.11 Å². The van der Waals surface area contributed by atoms with Gasteiger partial charge in [-0.3, -0.25) is 9.80 Å². The molecule has 1 amide bonds. The van der Waals surface area contributed by atoms with Crippen molar-refractivity contribution in [3.05, 3.63) is 28.8 Å². The van der Waals surface area contributed by atoms with E-state index < -0.39 is 6.04 Å². The van der Waals surface area contributed by atoms with Crippen molar-refractivity contribution >= 4 is 5.91 Å². The highest BCUT2D eigenvalue weighted by atomic mass is 16.5. The first kappa shape index (κ1) is 13.5. The number of amides is 1. The number of hydrogen-bond donors (Lipinski definition) is 2. The fraction of sp³-hybridized carbons (Fsp3) is 0.417. The van der Waals surface area contributed by atoms with Gasteiger partial charge in [0.2, 0.25) is 0 Å². The zero-order valence-electron chi connectivity index (χ0n) is 10.7. The Labute approximate surface area is 101 Å². The predicted octanol–water partition coefficient (Wildman–Crippen LogP) is 0.644. The van der Waals surface area contributed by atoms with E-state index in [-0.39, 0.29) is 5.91 Å². The van der Waals surface area contributed by atoms with Crippen molar-refractivity contribution in [3.8, 4) is 5.75 Å². The van der Waals surface area contributed by atoms with Crippen LogP contribution in [0, 0.1) is 13.8 Å². The van der Waals surface area contributed by atoms with Crippen LogP contribution in [0.2, 0.25) is 0 Å². The standard InChI is InChI=1S/C12H19N3O2/c1-7-8(2)10(17-4)6-5-9(7)11(13)12(16)15(3)14/h5-6,11H,13-14H2,1-4H3. The van der Waals surface area contributed by atoms with Crippen LogP contribution in [-0.4, -0.2) is 25.1 Å². The molecule has 0 aliphatic rings. The van der Waals surface area contributed by atoms with Crippen molar-refractivity contribution in [3.63, 3.8) is 0 Å². The van der Waals surface area contributed by atoms with E-state index in [4.69, 9.17) is 16.3 Å². The smallest absolute Gasteiger partial charge is 0.257 e. The van der Waals surface area contributed by atoms with Crippen molar-refractivity contribution in [2.24, 2.45) is 11.6 Å². The molecule has 0 aliphatic heterocycles. The van der Waals surface area contributed by atoms with E-state index in [0.717, 1.165) is 27.4 Å². The van der Waals surface area contributed by atoms with Crippen molar-refractivity contribution < 1.29 is 9.53 Å². The fourth-order valence-electron chi connectivity index (χ4n) is 1.73. The molecule has 94 valence electrons. The average Bonchev–Trinajstić information content (AvgIpc) is 2.30. The molecule has 1 atom stereocenters. The molecule has 0 aromatic heterocycles. The minimum atomic E-state index is -0.741. The first-order valence-corrected chi connectivity index (χ1v) is 5.32. The maximum absolute atomic E-state index is 11.7. The van der Waals surface area contributed by atoms with Crippen LogP contribution in [0.15, 0.2) is 12.1 Å². The van der Waals surface area contributed by atoms with Crippen molar-refractivity contribution in [2.75, 3.05) is 14.2 Å². The third-order valence-corrected chi connectivity index (χ3v) is 2.95. The molecule has 0 bridgehead atoms. The average molecular weight is 237 g/mol. The normalized spacial score (nSPS) is 12.1. The molecule has 0 spiro atoms. The Morgan fingerprint density at radius 2 is 1.94 bits per heavy atom. The first-order valence-electron chi connectivity index (χ1n) is 5.32. The maximum atomic E-state index is 11.7. The fourth-order valence-corrected chi connectivity index (χ4v) is 1.73. The summed E-state index contributed by atoms with van der Waals surface area (Å²) in [5.41, 5.74) is 8.59. The Morgan fingerprint density at radius 1 is 1.35 bits per heavy atom. The summed E-state index contributed by atoms with van der Waals surface area (Å²) in [6.45, 7) is 3.85. The number of ether oxygens (including phenoxy) is 1. The van der Waals surface area contributed by atoms with Gasteiger partial charge in [0.25, 0.3) is 5.91 Å². The molecule has 17 heavy (non-hydrogen) atoms. The highest BCUT2D eigenvalue weighted by molar-refractivity contribution is 5.83. The van der Waals surface area contributed by atoms with E-state index in [2.05, 4.69) is 0 Å². The van der Waals surface area contributed by atoms with E-state index in [1.54, 1.807) is 19.2 Å². The van der Waals surface area contributed by atoms with Gasteiger partial charge in [-0.2, -0.15) is 0 Å². The second kappa shape index (κ2) is 5.16. The molecule has 1 unspecified atom stereocenters. The van der Waals surface area contributed by atoms with Crippen molar-refractivity contribution in [1.29, 1.82) is 0 Å². The molecule has 1 aromatic rings. The summed E-state index contributed by atoms with van der Waals surface area (Å²) < 4.78 is 5.21. The highest BCUT2D eigenvalue weighted by Gasteiger charge is 2.21. The Balaban J connectivity index is 3.16. The molecule has 0 radical (unpaired) electrons. The summed E-state index contributed by atoms with van der Waals surface area (Å²) in [7, 11) is 3.09. The number of hydrogen-bond acceptors (Lipinski definition) is 4. The molecule has 0 heterocycles. The Hall–Kier alpha value is -1.59. The summed E-state index contributed by atoms with van der Waals surface area (Å²) in [4.78, 5) is 11.7. The van der Waals surface area contributed by atoms with Gasteiger partial charge in [-0.05, 0) is 36.6 Å². The van der Waals surface area contributed by atoms with Crippen LogP contribution < -0.4 is 16.3 Å². The van der Waals surface area contributed by atoms with E-state index in [1.807, 2.05) is 13.8 Å². The maximum Gasteiger partial charge on any atom is 0.257 e. The number of benzene rings is 1. The lowest BCUT2D eigenvalue weighted by atomic mass is 9.96. The molecule has 1 rings (SSSR count). The lowest BCUT2D eigenvalue weighted by Gasteiger charge is -2.20. The van der Waals surface area contributed by atoms with Crippen LogP contribution in [0.4, 0.5) is 0 Å². The van der Waals surface area contributed by atoms with Crippen molar-refractivity contribution in [1.82, 2.24) is 5.01 Å². The monoisotopic (exact) mass is 237 g/mol. The van der Waals surface area contributed by atoms with Gasteiger partial charge in [-0.1, -0.05) is 6.07 Å². The minimum Gasteiger partial charge on any atom is -0.496 e. The zero-order chi connectivity index (χ0) is 13.2. The highest BCUT2D eigenvalue weighted by Crippen LogP contribution is 2.27. The van der Waals surface area contributed by atoms with Crippen LogP contribution in [0.3, 0.4) is 0 Å². The second-order valence-corrected chi connectivity index (χ2v) is 4.03. The lowest BCUT2D eigenvalue weighted by Crippen LogP contribution is -2.40. The van der Waals surface area contributed by atoms with Gasteiger partial charge in [-0.25, -0.2) is 5.84 Å². The number of nitrogens with zero attached hydrogens (tertiary/aromatic N) is 1. The van der Waals surface area contributed by atoms with Crippen LogP contribution in [0.1, 0.15) is 22.7 Å². The summed E-state index contributed by atoms with van der Waals surface area (Å²) in [5.74, 6) is 5.86. The molecule has 0 fully saturated rings. The number of carbonyl (C=O) groups excluding carboxylic acids is 1. The molecule has 4 N–H and O–H groups in total. The van der Waals surface area contributed by atoms with E-state index >= 15 is 0 Å². The Bertz CT molecular complexity index is 430. The summed E-state index contributed by atoms with van der Waals surface area (Å²) >= 11 is 0. The topological polar surface area (TPSA) is 81.6 Å². The number of nitrogens with two attached hydrogens (primary N) is 2. The van der Waals surface area contributed by atoms with Crippen LogP contribution >= 0.6 is 0 Å². The minimum absolute atomic E-state index is 0.322. The third kappa shape index (κ3) is 2.57. The summed E-state index contributed by atoms with van der Waals surface area (Å²) in [6, 6.07) is 2.86. The van der Waals surface area contributed by atoms with E-state index in [0.29, 0.717) is 0 Å². The molecule has 0 saturated heterocycles. The third-order valence-electron chi connectivity index (χ3n) is 2.95. The summed E-state index contributed by atoms with van der Waals surface area (Å²) in [5, 5.41) is 1.00. The van der Waals surface area contributed by atoms with Gasteiger partial charge in [0.1, 0.15) is 11.8 Å². The van der Waals surface area contributed by atoms with Crippen molar-refractivity contribution in [2.45, 2.75) is 19.9 Å². The van der Waals surface area contributed by atoms with E-state index in [1.165, 1.54) is 7.05 Å². The molecule has 1 aromatic carbocycles. The van der Waals surface area contributed by atoms with Gasteiger partial charge in [0, 0.05) is 7.05 Å². The quantitative estimate of drug-likeness (QED) is 0.459. The van der Waals surface area contributed by atoms with Gasteiger partial charge in [-0.15, -0.1) is 0 Å². The molecule has 0 aliphatic carbocycles. The van der Waals surface area contributed by atoms with Crippen LogP contribution in [0.5, 0.6) is 5.75 Å². The number of rotatable bonds is 3. The molecular weight excluding hydrogens is 218 g/mol. The molecular formula is C12H19N3O2.